The van der Waals surface area contributed by atoms with Gasteiger partial charge in [0, 0.05) is 18.2 Å². The summed E-state index contributed by atoms with van der Waals surface area (Å²) in [6.45, 7) is 3.01. The second-order valence-corrected chi connectivity index (χ2v) is 5.40. The fourth-order valence-corrected chi connectivity index (χ4v) is 2.89. The lowest BCUT2D eigenvalue weighted by atomic mass is 9.92. The van der Waals surface area contributed by atoms with Gasteiger partial charge in [-0.3, -0.25) is 4.98 Å². The second kappa shape index (κ2) is 5.80. The zero-order valence-electron chi connectivity index (χ0n) is 12.0. The van der Waals surface area contributed by atoms with Crippen LogP contribution in [0.1, 0.15) is 42.6 Å². The lowest BCUT2D eigenvalue weighted by Crippen LogP contribution is -2.15. The van der Waals surface area contributed by atoms with E-state index in [1.807, 2.05) is 19.1 Å². The first kappa shape index (κ1) is 14.0. The van der Waals surface area contributed by atoms with E-state index in [0.29, 0.717) is 0 Å². The number of fused-ring (bicyclic) bond motifs is 1. The molecule has 110 valence electrons. The third-order valence-corrected chi connectivity index (χ3v) is 4.01. The van der Waals surface area contributed by atoms with Gasteiger partial charge in [-0.25, -0.2) is 8.78 Å². The molecular formula is C17H18F2N2. The number of halogens is 2. The summed E-state index contributed by atoms with van der Waals surface area (Å²) < 4.78 is 26.6. The molecule has 0 aliphatic carbocycles. The third kappa shape index (κ3) is 2.75. The molecule has 0 amide bonds. The van der Waals surface area contributed by atoms with Gasteiger partial charge in [-0.05, 0) is 49.1 Å². The lowest BCUT2D eigenvalue weighted by molar-refractivity contribution is 0.505. The van der Waals surface area contributed by atoms with Crippen molar-refractivity contribution in [3.63, 3.8) is 0 Å². The molecule has 1 aromatic heterocycles. The number of rotatable bonds is 3. The minimum atomic E-state index is -0.809. The molecule has 1 unspecified atom stereocenters. The van der Waals surface area contributed by atoms with Crippen molar-refractivity contribution in [2.45, 2.75) is 32.1 Å². The normalized spacial score (nSPS) is 15.2. The molecule has 0 bridgehead atoms. The van der Waals surface area contributed by atoms with Crippen LogP contribution < -0.4 is 5.32 Å². The number of pyridine rings is 1. The predicted octanol–water partition coefficient (Wildman–Crippen LogP) is 4.26. The predicted molar refractivity (Wildman–Crippen MR) is 79.5 cm³/mol. The fourth-order valence-electron chi connectivity index (χ4n) is 2.89. The topological polar surface area (TPSA) is 24.9 Å². The van der Waals surface area contributed by atoms with Crippen LogP contribution in [0.2, 0.25) is 0 Å². The highest BCUT2D eigenvalue weighted by Gasteiger charge is 2.18. The Morgan fingerprint density at radius 1 is 1.19 bits per heavy atom. The molecular weight excluding hydrogens is 270 g/mol. The van der Waals surface area contributed by atoms with Gasteiger partial charge in [0.05, 0.1) is 11.4 Å². The van der Waals surface area contributed by atoms with Gasteiger partial charge < -0.3 is 5.32 Å². The number of hydrogen-bond donors (Lipinski definition) is 1. The Morgan fingerprint density at radius 2 is 2.05 bits per heavy atom. The van der Waals surface area contributed by atoms with Gasteiger partial charge in [-0.2, -0.15) is 0 Å². The maximum atomic E-state index is 13.5. The monoisotopic (exact) mass is 288 g/mol. The molecule has 4 heteroatoms. The molecule has 1 aliphatic heterocycles. The van der Waals surface area contributed by atoms with E-state index in [1.54, 1.807) is 6.07 Å². The standard InChI is InChI=1S/C17H18F2N2/c1-2-12(11-5-6-13(18)14(19)10-11)15-7-8-16-17(21-15)4-3-9-20-16/h5-8,10,12,20H,2-4,9H2,1H3. The summed E-state index contributed by atoms with van der Waals surface area (Å²) in [5.74, 6) is -1.62. The first-order chi connectivity index (χ1) is 10.2. The molecule has 1 aliphatic rings. The SMILES string of the molecule is CCC(c1ccc(F)c(F)c1)c1ccc2c(n1)CCCN2. The van der Waals surface area contributed by atoms with Gasteiger partial charge in [0.2, 0.25) is 0 Å². The van der Waals surface area contributed by atoms with Crippen LogP contribution in [0.5, 0.6) is 0 Å². The number of nitrogens with one attached hydrogen (secondary N) is 1. The zero-order valence-corrected chi connectivity index (χ0v) is 12.0. The van der Waals surface area contributed by atoms with Crippen LogP contribution in [0.25, 0.3) is 0 Å². The van der Waals surface area contributed by atoms with Crippen molar-refractivity contribution in [2.75, 3.05) is 11.9 Å². The highest BCUT2D eigenvalue weighted by molar-refractivity contribution is 5.51. The molecule has 2 heterocycles. The second-order valence-electron chi connectivity index (χ2n) is 5.40. The van der Waals surface area contributed by atoms with Crippen LogP contribution >= 0.6 is 0 Å². The summed E-state index contributed by atoms with van der Waals surface area (Å²) in [5, 5.41) is 3.33. The van der Waals surface area contributed by atoms with Crippen LogP contribution in [-0.4, -0.2) is 11.5 Å². The summed E-state index contributed by atoms with van der Waals surface area (Å²) in [6, 6.07) is 8.13. The van der Waals surface area contributed by atoms with E-state index in [4.69, 9.17) is 4.98 Å². The molecule has 1 atom stereocenters. The van der Waals surface area contributed by atoms with Crippen molar-refractivity contribution in [3.8, 4) is 0 Å². The molecule has 0 fully saturated rings. The van der Waals surface area contributed by atoms with Crippen molar-refractivity contribution in [3.05, 3.63) is 58.9 Å². The minimum absolute atomic E-state index is 0.00711. The van der Waals surface area contributed by atoms with E-state index in [9.17, 15) is 8.78 Å². The van der Waals surface area contributed by atoms with E-state index >= 15 is 0 Å². The molecule has 0 radical (unpaired) electrons. The lowest BCUT2D eigenvalue weighted by Gasteiger charge is -2.21. The highest BCUT2D eigenvalue weighted by Crippen LogP contribution is 2.30. The maximum Gasteiger partial charge on any atom is 0.159 e. The van der Waals surface area contributed by atoms with Crippen LogP contribution in [0.3, 0.4) is 0 Å². The van der Waals surface area contributed by atoms with Crippen molar-refractivity contribution in [1.82, 2.24) is 4.98 Å². The summed E-state index contributed by atoms with van der Waals surface area (Å²) in [5.41, 5.74) is 3.85. The molecule has 1 aromatic carbocycles. The Morgan fingerprint density at radius 3 is 2.81 bits per heavy atom. The Hall–Kier alpha value is -1.97. The number of anilines is 1. The summed E-state index contributed by atoms with van der Waals surface area (Å²) >= 11 is 0. The van der Waals surface area contributed by atoms with Crippen molar-refractivity contribution < 1.29 is 8.78 Å². The quantitative estimate of drug-likeness (QED) is 0.912. The summed E-state index contributed by atoms with van der Waals surface area (Å²) in [7, 11) is 0. The van der Waals surface area contributed by atoms with Crippen LogP contribution in [0.15, 0.2) is 30.3 Å². The van der Waals surface area contributed by atoms with Gasteiger partial charge in [-0.15, -0.1) is 0 Å². The molecule has 0 spiro atoms. The number of aromatic nitrogens is 1. The Balaban J connectivity index is 1.97. The molecule has 3 rings (SSSR count). The molecule has 21 heavy (non-hydrogen) atoms. The number of benzene rings is 1. The number of hydrogen-bond acceptors (Lipinski definition) is 2. The van der Waals surface area contributed by atoms with Gasteiger partial charge in [0.15, 0.2) is 11.6 Å². The van der Waals surface area contributed by atoms with Gasteiger partial charge in [0.1, 0.15) is 0 Å². The highest BCUT2D eigenvalue weighted by atomic mass is 19.2. The first-order valence-corrected chi connectivity index (χ1v) is 7.37. The minimum Gasteiger partial charge on any atom is -0.384 e. The maximum absolute atomic E-state index is 13.5. The molecule has 1 N–H and O–H groups in total. The van der Waals surface area contributed by atoms with E-state index in [-0.39, 0.29) is 5.92 Å². The molecule has 0 saturated heterocycles. The van der Waals surface area contributed by atoms with Gasteiger partial charge >= 0.3 is 0 Å². The molecule has 0 saturated carbocycles. The average molecular weight is 288 g/mol. The summed E-state index contributed by atoms with van der Waals surface area (Å²) in [6.07, 6.45) is 2.83. The van der Waals surface area contributed by atoms with Gasteiger partial charge in [0.25, 0.3) is 0 Å². The van der Waals surface area contributed by atoms with Gasteiger partial charge in [-0.1, -0.05) is 13.0 Å². The van der Waals surface area contributed by atoms with Crippen LogP contribution in [0.4, 0.5) is 14.5 Å². The molecule has 2 aromatic rings. The van der Waals surface area contributed by atoms with Crippen molar-refractivity contribution in [1.29, 1.82) is 0 Å². The van der Waals surface area contributed by atoms with E-state index in [1.165, 1.54) is 12.1 Å². The third-order valence-electron chi connectivity index (χ3n) is 4.01. The average Bonchev–Trinajstić information content (AvgIpc) is 2.51. The van der Waals surface area contributed by atoms with Crippen molar-refractivity contribution >= 4 is 5.69 Å². The first-order valence-electron chi connectivity index (χ1n) is 7.37. The van der Waals surface area contributed by atoms with E-state index in [2.05, 4.69) is 5.32 Å². The van der Waals surface area contributed by atoms with Crippen LogP contribution in [-0.2, 0) is 6.42 Å². The smallest absolute Gasteiger partial charge is 0.159 e. The molecule has 2 nitrogen and oxygen atoms in total. The van der Waals surface area contributed by atoms with Crippen LogP contribution in [0, 0.1) is 11.6 Å². The number of aryl methyl sites for hydroxylation is 1. The number of nitrogens with zero attached hydrogens (tertiary/aromatic N) is 1. The largest absolute Gasteiger partial charge is 0.384 e. The van der Waals surface area contributed by atoms with E-state index < -0.39 is 11.6 Å². The Labute approximate surface area is 123 Å². The van der Waals surface area contributed by atoms with E-state index in [0.717, 1.165) is 48.4 Å². The van der Waals surface area contributed by atoms with Crippen molar-refractivity contribution in [2.24, 2.45) is 0 Å². The Bertz CT molecular complexity index is 655. The Kier molecular flexibility index (Phi) is 3.86. The fraction of sp³-hybridized carbons (Fsp3) is 0.353. The summed E-state index contributed by atoms with van der Waals surface area (Å²) in [4.78, 5) is 4.73. The zero-order chi connectivity index (χ0) is 14.8.